The third kappa shape index (κ3) is 3.79. The van der Waals surface area contributed by atoms with Crippen molar-refractivity contribution in [3.05, 3.63) is 58.7 Å². The Labute approximate surface area is 213 Å². The molecule has 0 aromatic heterocycles. The van der Waals surface area contributed by atoms with E-state index in [4.69, 9.17) is 4.74 Å². The maximum Gasteiger partial charge on any atom is 0.182 e. The van der Waals surface area contributed by atoms with Gasteiger partial charge in [0.25, 0.3) is 0 Å². The molecule has 0 spiro atoms. The number of benzene rings is 2. The molecule has 0 amide bonds. The van der Waals surface area contributed by atoms with E-state index in [0.717, 1.165) is 25.7 Å². The molecular formula is C30H26O7. The second kappa shape index (κ2) is 8.98. The molecule has 37 heavy (non-hydrogen) atoms. The summed E-state index contributed by atoms with van der Waals surface area (Å²) in [6.45, 7) is 0. The van der Waals surface area contributed by atoms with Crippen molar-refractivity contribution in [2.45, 2.75) is 51.4 Å². The molecule has 0 heterocycles. The van der Waals surface area contributed by atoms with Gasteiger partial charge in [0.05, 0.1) is 0 Å². The molecule has 7 heteroatoms. The second-order valence-corrected chi connectivity index (χ2v) is 10.6. The van der Waals surface area contributed by atoms with Gasteiger partial charge in [-0.05, 0) is 62.1 Å². The number of hydrogen-bond acceptors (Lipinski definition) is 7. The Morgan fingerprint density at radius 3 is 1.27 bits per heavy atom. The minimum atomic E-state index is -1.27. The number of carbonyl (C=O) groups excluding carboxylic acids is 6. The molecule has 2 atom stereocenters. The van der Waals surface area contributed by atoms with Crippen LogP contribution in [-0.2, 0) is 9.59 Å². The van der Waals surface area contributed by atoms with Crippen molar-refractivity contribution in [3.63, 3.8) is 0 Å². The molecule has 0 radical (unpaired) electrons. The summed E-state index contributed by atoms with van der Waals surface area (Å²) in [5, 5.41) is 0. The Hall–Kier alpha value is -3.74. The molecule has 0 N–H and O–H groups in total. The van der Waals surface area contributed by atoms with Crippen LogP contribution in [0, 0.1) is 23.7 Å². The summed E-state index contributed by atoms with van der Waals surface area (Å²) in [5.41, 5.74) is 0.760. The summed E-state index contributed by atoms with van der Waals surface area (Å²) < 4.78 is 5.89. The van der Waals surface area contributed by atoms with Crippen LogP contribution in [0.2, 0.25) is 0 Å². The Morgan fingerprint density at radius 1 is 0.541 bits per heavy atom. The lowest BCUT2D eigenvalue weighted by Crippen LogP contribution is -2.30. The molecule has 7 nitrogen and oxygen atoms in total. The average molecular weight is 499 g/mol. The van der Waals surface area contributed by atoms with Crippen LogP contribution in [0.15, 0.2) is 36.4 Å². The molecule has 6 rings (SSSR count). The number of rotatable bonds is 6. The maximum atomic E-state index is 13.0. The average Bonchev–Trinajstić information content (AvgIpc) is 3.69. The van der Waals surface area contributed by atoms with E-state index >= 15 is 0 Å². The van der Waals surface area contributed by atoms with Gasteiger partial charge in [0.15, 0.2) is 34.7 Å². The Morgan fingerprint density at radius 2 is 0.892 bits per heavy atom. The summed E-state index contributed by atoms with van der Waals surface area (Å²) in [6.07, 6.45) is 6.59. The Bertz CT molecular complexity index is 1280. The van der Waals surface area contributed by atoms with Gasteiger partial charge >= 0.3 is 0 Å². The lowest BCUT2D eigenvalue weighted by molar-refractivity contribution is -0.124. The smallest absolute Gasteiger partial charge is 0.182 e. The molecule has 0 saturated heterocycles. The van der Waals surface area contributed by atoms with Crippen molar-refractivity contribution in [1.29, 1.82) is 0 Å². The highest BCUT2D eigenvalue weighted by atomic mass is 16.5. The van der Waals surface area contributed by atoms with Crippen LogP contribution >= 0.6 is 0 Å². The maximum absolute atomic E-state index is 13.0. The zero-order valence-electron chi connectivity index (χ0n) is 20.3. The highest BCUT2D eigenvalue weighted by Gasteiger charge is 2.47. The highest BCUT2D eigenvalue weighted by Crippen LogP contribution is 2.38. The molecule has 4 aliphatic rings. The van der Waals surface area contributed by atoms with Crippen LogP contribution in [0.4, 0.5) is 0 Å². The SMILES string of the molecule is O=C1c2ccc(Oc3ccc4c(c3)C(=O)C(C(=O)C3CCCC3)C4=O)cc2C(=O)C1C(=O)C1CCCC1. The number of carbonyl (C=O) groups is 6. The van der Waals surface area contributed by atoms with Gasteiger partial charge in [-0.3, -0.25) is 28.8 Å². The predicted octanol–water partition coefficient (Wildman–Crippen LogP) is 4.99. The first-order valence-corrected chi connectivity index (χ1v) is 13.1. The van der Waals surface area contributed by atoms with E-state index in [0.29, 0.717) is 25.7 Å². The second-order valence-electron chi connectivity index (χ2n) is 10.6. The fourth-order valence-corrected chi connectivity index (χ4v) is 6.42. The van der Waals surface area contributed by atoms with Crippen LogP contribution in [-0.4, -0.2) is 34.7 Å². The summed E-state index contributed by atoms with van der Waals surface area (Å²) in [7, 11) is 0. The van der Waals surface area contributed by atoms with E-state index in [1.165, 1.54) is 24.3 Å². The Balaban J connectivity index is 1.22. The number of ether oxygens (including phenoxy) is 1. The first kappa shape index (κ1) is 23.6. The number of Topliss-reactive ketones (excluding diaryl/α,β-unsaturated/α-hetero) is 6. The largest absolute Gasteiger partial charge is 0.457 e. The molecule has 2 unspecified atom stereocenters. The lowest BCUT2D eigenvalue weighted by atomic mass is 9.88. The number of ketones is 6. The molecule has 188 valence electrons. The minimum absolute atomic E-state index is 0.161. The van der Waals surface area contributed by atoms with Gasteiger partial charge in [0.1, 0.15) is 23.3 Å². The molecule has 2 aromatic rings. The van der Waals surface area contributed by atoms with E-state index in [-0.39, 0.29) is 57.2 Å². The fraction of sp³-hybridized carbons (Fsp3) is 0.400. The molecule has 4 aliphatic carbocycles. The first-order chi connectivity index (χ1) is 17.8. The molecule has 2 aromatic carbocycles. The summed E-state index contributed by atoms with van der Waals surface area (Å²) >= 11 is 0. The van der Waals surface area contributed by atoms with Crippen LogP contribution in [0.25, 0.3) is 0 Å². The van der Waals surface area contributed by atoms with Gasteiger partial charge in [-0.15, -0.1) is 0 Å². The highest BCUT2D eigenvalue weighted by molar-refractivity contribution is 6.36. The zero-order valence-corrected chi connectivity index (χ0v) is 20.3. The van der Waals surface area contributed by atoms with Gasteiger partial charge in [-0.1, -0.05) is 25.7 Å². The quantitative estimate of drug-likeness (QED) is 0.516. The van der Waals surface area contributed by atoms with Crippen molar-refractivity contribution in [1.82, 2.24) is 0 Å². The van der Waals surface area contributed by atoms with Crippen molar-refractivity contribution in [3.8, 4) is 11.5 Å². The third-order valence-corrected chi connectivity index (χ3v) is 8.41. The topological polar surface area (TPSA) is 112 Å². The van der Waals surface area contributed by atoms with Crippen LogP contribution < -0.4 is 4.74 Å². The predicted molar refractivity (Wildman–Crippen MR) is 131 cm³/mol. The van der Waals surface area contributed by atoms with E-state index in [1.807, 2.05) is 0 Å². The van der Waals surface area contributed by atoms with E-state index in [9.17, 15) is 28.8 Å². The van der Waals surface area contributed by atoms with Crippen molar-refractivity contribution < 1.29 is 33.5 Å². The van der Waals surface area contributed by atoms with Gasteiger partial charge in [-0.25, -0.2) is 0 Å². The minimum Gasteiger partial charge on any atom is -0.457 e. The van der Waals surface area contributed by atoms with Gasteiger partial charge in [-0.2, -0.15) is 0 Å². The molecule has 2 saturated carbocycles. The molecule has 2 fully saturated rings. The molecule has 0 aliphatic heterocycles. The van der Waals surface area contributed by atoms with Crippen LogP contribution in [0.3, 0.4) is 0 Å². The monoisotopic (exact) mass is 498 g/mol. The van der Waals surface area contributed by atoms with Crippen molar-refractivity contribution in [2.24, 2.45) is 23.7 Å². The number of fused-ring (bicyclic) bond motifs is 2. The van der Waals surface area contributed by atoms with E-state index in [1.54, 1.807) is 12.1 Å². The molecular weight excluding hydrogens is 472 g/mol. The summed E-state index contributed by atoms with van der Waals surface area (Å²) in [5.74, 6) is -4.95. The number of hydrogen-bond donors (Lipinski definition) is 0. The zero-order chi connectivity index (χ0) is 25.8. The van der Waals surface area contributed by atoms with E-state index in [2.05, 4.69) is 0 Å². The van der Waals surface area contributed by atoms with Gasteiger partial charge in [0.2, 0.25) is 0 Å². The summed E-state index contributed by atoms with van der Waals surface area (Å²) in [6, 6.07) is 8.96. The van der Waals surface area contributed by atoms with E-state index < -0.39 is 35.0 Å². The standard InChI is InChI=1S/C30H26O7/c31-25(15-5-1-2-6-15)23-27(33)19-11-9-17(13-21(19)29(23)35)37-18-10-12-20-22(14-18)30(36)24(28(20)34)26(32)16-7-3-4-8-16/h9-16,23-24H,1-8H2. The molecule has 0 bridgehead atoms. The van der Waals surface area contributed by atoms with Gasteiger partial charge in [0, 0.05) is 34.1 Å². The van der Waals surface area contributed by atoms with Gasteiger partial charge < -0.3 is 4.74 Å². The first-order valence-electron chi connectivity index (χ1n) is 13.1. The van der Waals surface area contributed by atoms with Crippen LogP contribution in [0.5, 0.6) is 11.5 Å². The Kier molecular flexibility index (Phi) is 5.74. The normalized spacial score (nSPS) is 23.6. The van der Waals surface area contributed by atoms with Crippen molar-refractivity contribution >= 4 is 34.7 Å². The van der Waals surface area contributed by atoms with Crippen LogP contribution in [0.1, 0.15) is 92.8 Å². The summed E-state index contributed by atoms with van der Waals surface area (Å²) in [4.78, 5) is 77.6. The lowest BCUT2D eigenvalue weighted by Gasteiger charge is -2.11. The third-order valence-electron chi connectivity index (χ3n) is 8.41. The fourth-order valence-electron chi connectivity index (χ4n) is 6.42. The van der Waals surface area contributed by atoms with Crippen molar-refractivity contribution in [2.75, 3.05) is 0 Å².